The zero-order valence-corrected chi connectivity index (χ0v) is 17.7. The fourth-order valence-electron chi connectivity index (χ4n) is 4.03. The molecule has 2 N–H and O–H groups in total. The molecule has 1 amide bonds. The van der Waals surface area contributed by atoms with Crippen molar-refractivity contribution in [1.82, 2.24) is 19.8 Å². The molecule has 0 aliphatic carbocycles. The number of hydrogen-bond donors (Lipinski definition) is 2. The summed E-state index contributed by atoms with van der Waals surface area (Å²) in [5.74, 6) is -0.111. The predicted octanol–water partition coefficient (Wildman–Crippen LogP) is 2.22. The van der Waals surface area contributed by atoms with E-state index in [2.05, 4.69) is 21.8 Å². The zero-order valence-electron chi connectivity index (χ0n) is 17.7. The number of aromatic nitrogens is 2. The highest BCUT2D eigenvalue weighted by Gasteiger charge is 2.22. The minimum absolute atomic E-state index is 0.0227. The number of methoxy groups -OCH3 is 1. The van der Waals surface area contributed by atoms with Gasteiger partial charge in [-0.2, -0.15) is 0 Å². The first-order valence-corrected chi connectivity index (χ1v) is 10.4. The van der Waals surface area contributed by atoms with Crippen molar-refractivity contribution in [3.63, 3.8) is 0 Å². The average Bonchev–Trinajstić information content (AvgIpc) is 2.80. The number of hydrogen-bond acceptors (Lipinski definition) is 6. The molecular formula is C23H26N4O4. The summed E-state index contributed by atoms with van der Waals surface area (Å²) >= 11 is 0. The van der Waals surface area contributed by atoms with Gasteiger partial charge >= 0.3 is 0 Å². The molecule has 162 valence electrons. The van der Waals surface area contributed by atoms with Gasteiger partial charge in [0.1, 0.15) is 11.3 Å². The van der Waals surface area contributed by atoms with Gasteiger partial charge in [-0.05, 0) is 47.5 Å². The highest BCUT2D eigenvalue weighted by Crippen LogP contribution is 2.32. The van der Waals surface area contributed by atoms with Crippen molar-refractivity contribution >= 4 is 16.8 Å². The molecule has 1 aromatic heterocycles. The number of aromatic hydroxyl groups is 1. The second-order valence-corrected chi connectivity index (χ2v) is 7.65. The molecule has 0 atom stereocenters. The summed E-state index contributed by atoms with van der Waals surface area (Å²) in [7, 11) is 1.60. The van der Waals surface area contributed by atoms with E-state index in [0.717, 1.165) is 30.8 Å². The molecule has 1 aliphatic rings. The monoisotopic (exact) mass is 422 g/mol. The number of rotatable bonds is 5. The number of nitrogens with one attached hydrogen (secondary N) is 1. The lowest BCUT2D eigenvalue weighted by molar-refractivity contribution is 0.0643. The van der Waals surface area contributed by atoms with Crippen LogP contribution < -0.4 is 5.56 Å². The first-order valence-electron chi connectivity index (χ1n) is 10.4. The van der Waals surface area contributed by atoms with E-state index in [1.54, 1.807) is 19.2 Å². The topological polar surface area (TPSA) is 98.8 Å². The zero-order chi connectivity index (χ0) is 22.0. The van der Waals surface area contributed by atoms with E-state index in [9.17, 15) is 14.7 Å². The number of amides is 1. The molecule has 1 aliphatic heterocycles. The van der Waals surface area contributed by atoms with Crippen LogP contribution in [0.2, 0.25) is 0 Å². The Hall–Kier alpha value is -3.23. The molecule has 3 aromatic rings. The number of carbonyl (C=O) groups excluding carboxylic acids is 1. The summed E-state index contributed by atoms with van der Waals surface area (Å²) < 4.78 is 5.33. The van der Waals surface area contributed by atoms with Crippen molar-refractivity contribution in [2.75, 3.05) is 39.8 Å². The second kappa shape index (κ2) is 8.87. The van der Waals surface area contributed by atoms with Crippen LogP contribution in [0.4, 0.5) is 0 Å². The number of benzene rings is 2. The fraction of sp³-hybridized carbons (Fsp3) is 0.348. The Morgan fingerprint density at radius 3 is 2.68 bits per heavy atom. The van der Waals surface area contributed by atoms with Crippen LogP contribution in [0, 0.1) is 0 Å². The molecule has 0 bridgehead atoms. The maximum absolute atomic E-state index is 13.1. The summed E-state index contributed by atoms with van der Waals surface area (Å²) in [4.78, 5) is 36.2. The number of carbonyl (C=O) groups is 1. The smallest absolute Gasteiger partial charge is 0.258 e. The van der Waals surface area contributed by atoms with E-state index in [1.807, 2.05) is 23.1 Å². The molecular weight excluding hydrogens is 396 g/mol. The summed E-state index contributed by atoms with van der Waals surface area (Å²) in [6.07, 6.45) is 1.26. The van der Waals surface area contributed by atoms with Crippen LogP contribution in [-0.2, 0) is 11.3 Å². The number of H-pyrrole nitrogens is 1. The van der Waals surface area contributed by atoms with Gasteiger partial charge in [-0.3, -0.25) is 9.59 Å². The molecule has 0 radical (unpaired) electrons. The van der Waals surface area contributed by atoms with Crippen LogP contribution in [0.25, 0.3) is 22.0 Å². The van der Waals surface area contributed by atoms with Crippen LogP contribution in [0.5, 0.6) is 5.75 Å². The predicted molar refractivity (Wildman–Crippen MR) is 118 cm³/mol. The largest absolute Gasteiger partial charge is 0.506 e. The number of aromatic amines is 1. The van der Waals surface area contributed by atoms with Crippen molar-refractivity contribution in [2.45, 2.75) is 13.5 Å². The summed E-state index contributed by atoms with van der Waals surface area (Å²) in [6.45, 7) is 6.56. The summed E-state index contributed by atoms with van der Waals surface area (Å²) in [6, 6.07) is 8.74. The number of likely N-dealkylation sites (N-methyl/N-ethyl adjacent to an activating group) is 1. The van der Waals surface area contributed by atoms with E-state index in [4.69, 9.17) is 4.74 Å². The second-order valence-electron chi connectivity index (χ2n) is 7.65. The van der Waals surface area contributed by atoms with Crippen LogP contribution in [0.1, 0.15) is 22.8 Å². The fourth-order valence-corrected chi connectivity index (χ4v) is 4.03. The van der Waals surface area contributed by atoms with Crippen LogP contribution in [0.3, 0.4) is 0 Å². The SMILES string of the molecule is CCN1CCN(C(=O)c2ccc(COC)c(-c3cc(O)c4nc[nH]c(=O)c4c3)c2)CC1. The minimum atomic E-state index is -0.337. The molecule has 1 saturated heterocycles. The normalized spacial score (nSPS) is 14.8. The lowest BCUT2D eigenvalue weighted by Gasteiger charge is -2.34. The maximum Gasteiger partial charge on any atom is 0.258 e. The van der Waals surface area contributed by atoms with Gasteiger partial charge in [0, 0.05) is 38.9 Å². The number of piperazine rings is 1. The van der Waals surface area contributed by atoms with Crippen LogP contribution in [0.15, 0.2) is 41.5 Å². The first-order chi connectivity index (χ1) is 15.0. The Kier molecular flexibility index (Phi) is 6.01. The molecule has 0 unspecified atom stereocenters. The van der Waals surface area contributed by atoms with Crippen LogP contribution >= 0.6 is 0 Å². The molecule has 8 heteroatoms. The van der Waals surface area contributed by atoms with Gasteiger partial charge in [0.15, 0.2) is 0 Å². The lowest BCUT2D eigenvalue weighted by atomic mass is 9.95. The van der Waals surface area contributed by atoms with Crippen LogP contribution in [-0.4, -0.2) is 70.6 Å². The Labute approximate surface area is 180 Å². The highest BCUT2D eigenvalue weighted by atomic mass is 16.5. The summed E-state index contributed by atoms with van der Waals surface area (Å²) in [5.41, 5.74) is 2.69. The summed E-state index contributed by atoms with van der Waals surface area (Å²) in [5, 5.41) is 10.7. The van der Waals surface area contributed by atoms with E-state index in [-0.39, 0.29) is 28.1 Å². The number of fused-ring (bicyclic) bond motifs is 1. The van der Waals surface area contributed by atoms with E-state index < -0.39 is 0 Å². The average molecular weight is 422 g/mol. The quantitative estimate of drug-likeness (QED) is 0.654. The minimum Gasteiger partial charge on any atom is -0.506 e. The third-order valence-corrected chi connectivity index (χ3v) is 5.80. The molecule has 31 heavy (non-hydrogen) atoms. The van der Waals surface area contributed by atoms with E-state index >= 15 is 0 Å². The standard InChI is InChI=1S/C23H26N4O4/c1-3-26-6-8-27(9-7-26)23(30)15-4-5-16(13-31-2)18(10-15)17-11-19-21(20(28)12-17)24-14-25-22(19)29/h4-5,10-12,14,28H,3,6-9,13H2,1-2H3,(H,24,25,29). The third-order valence-electron chi connectivity index (χ3n) is 5.80. The Morgan fingerprint density at radius 1 is 1.19 bits per heavy atom. The van der Waals surface area contributed by atoms with Crippen molar-refractivity contribution in [3.8, 4) is 16.9 Å². The lowest BCUT2D eigenvalue weighted by Crippen LogP contribution is -2.48. The van der Waals surface area contributed by atoms with Gasteiger partial charge < -0.3 is 24.6 Å². The highest BCUT2D eigenvalue weighted by molar-refractivity contribution is 5.97. The van der Waals surface area contributed by atoms with Gasteiger partial charge in [0.25, 0.3) is 11.5 Å². The van der Waals surface area contributed by atoms with Gasteiger partial charge in [0.2, 0.25) is 0 Å². The van der Waals surface area contributed by atoms with Crippen molar-refractivity contribution in [2.24, 2.45) is 0 Å². The van der Waals surface area contributed by atoms with Gasteiger partial charge in [-0.15, -0.1) is 0 Å². The molecule has 4 rings (SSSR count). The molecule has 0 spiro atoms. The van der Waals surface area contributed by atoms with Gasteiger partial charge in [0.05, 0.1) is 18.3 Å². The number of phenolic OH excluding ortho intramolecular Hbond substituents is 1. The molecule has 2 aromatic carbocycles. The number of ether oxygens (including phenoxy) is 1. The van der Waals surface area contributed by atoms with E-state index in [0.29, 0.717) is 30.8 Å². The number of nitrogens with zero attached hydrogens (tertiary/aromatic N) is 3. The maximum atomic E-state index is 13.1. The Morgan fingerprint density at radius 2 is 1.97 bits per heavy atom. The third kappa shape index (κ3) is 4.17. The van der Waals surface area contributed by atoms with Gasteiger partial charge in [-0.25, -0.2) is 4.98 Å². The van der Waals surface area contributed by atoms with Gasteiger partial charge in [-0.1, -0.05) is 13.0 Å². The number of phenols is 1. The molecule has 1 fully saturated rings. The molecule has 8 nitrogen and oxygen atoms in total. The van der Waals surface area contributed by atoms with Crippen molar-refractivity contribution < 1.29 is 14.6 Å². The first kappa shape index (κ1) is 21.0. The Balaban J connectivity index is 1.75. The van der Waals surface area contributed by atoms with Crippen molar-refractivity contribution in [3.05, 3.63) is 58.1 Å². The van der Waals surface area contributed by atoms with E-state index in [1.165, 1.54) is 6.33 Å². The molecule has 0 saturated carbocycles. The Bertz CT molecular complexity index is 1170. The van der Waals surface area contributed by atoms with Crippen molar-refractivity contribution in [1.29, 1.82) is 0 Å². The molecule has 2 heterocycles.